The maximum Gasteiger partial charge on any atom is 0.159 e. The maximum absolute atomic E-state index is 13.7. The zero-order chi connectivity index (χ0) is 23.5. The Hall–Kier alpha value is -2.82. The number of hydrogen-bond donors (Lipinski definition) is 0. The molecule has 0 bridgehead atoms. The first kappa shape index (κ1) is 23.3. The number of Topliss-reactive ketones (excluding diaryl/α,β-unsaturated/α-hetero) is 1. The Bertz CT molecular complexity index is 1130. The van der Waals surface area contributed by atoms with E-state index >= 15 is 0 Å². The lowest BCUT2D eigenvalue weighted by Crippen LogP contribution is -2.56. The number of rotatable bonds is 6. The van der Waals surface area contributed by atoms with Gasteiger partial charge in [-0.3, -0.25) is 14.6 Å². The largest absolute Gasteiger partial charge is 0.295 e. The van der Waals surface area contributed by atoms with E-state index in [2.05, 4.69) is 60.9 Å². The molecule has 0 amide bonds. The molecule has 1 saturated heterocycles. The Morgan fingerprint density at radius 3 is 2.33 bits per heavy atom. The third-order valence-corrected chi connectivity index (χ3v) is 6.74. The van der Waals surface area contributed by atoms with Gasteiger partial charge in [0.15, 0.2) is 5.78 Å². The highest BCUT2D eigenvalue weighted by Gasteiger charge is 2.35. The van der Waals surface area contributed by atoms with Crippen molar-refractivity contribution in [2.45, 2.75) is 52.4 Å². The van der Waals surface area contributed by atoms with E-state index in [0.717, 1.165) is 36.3 Å². The Balaban J connectivity index is 1.65. The molecule has 1 heterocycles. The van der Waals surface area contributed by atoms with Gasteiger partial charge >= 0.3 is 0 Å². The van der Waals surface area contributed by atoms with Crippen LogP contribution in [0, 0.1) is 12.7 Å². The molecule has 3 nitrogen and oxygen atoms in total. The molecule has 0 saturated carbocycles. The summed E-state index contributed by atoms with van der Waals surface area (Å²) < 4.78 is 13.7. The Labute approximate surface area is 196 Å². The smallest absolute Gasteiger partial charge is 0.159 e. The third-order valence-electron chi connectivity index (χ3n) is 6.74. The number of carbonyl (C=O) groups excluding carboxylic acids is 1. The van der Waals surface area contributed by atoms with Gasteiger partial charge in [-0.25, -0.2) is 4.39 Å². The van der Waals surface area contributed by atoms with Crippen LogP contribution in [0.1, 0.15) is 59.4 Å². The van der Waals surface area contributed by atoms with Crippen LogP contribution in [0.3, 0.4) is 0 Å². The van der Waals surface area contributed by atoms with Crippen molar-refractivity contribution in [3.05, 3.63) is 106 Å². The van der Waals surface area contributed by atoms with Gasteiger partial charge in [0.1, 0.15) is 5.82 Å². The first-order valence-corrected chi connectivity index (χ1v) is 11.7. The van der Waals surface area contributed by atoms with Crippen LogP contribution in [0.15, 0.2) is 72.8 Å². The van der Waals surface area contributed by atoms with E-state index in [9.17, 15) is 9.18 Å². The molecule has 0 spiro atoms. The van der Waals surface area contributed by atoms with Gasteiger partial charge in [-0.05, 0) is 62.6 Å². The standard InChI is InChI=1S/C29H33FN2O/c1-20-8-5-11-26(14-20)29(27-12-7-10-25(16-27)23(4)33)32-18-21(2)31(17-22(32)3)19-24-9-6-13-28(30)15-24/h5-16,21-22,29H,17-19H2,1-4H3/t21-,22+,29+/m1/s1. The van der Waals surface area contributed by atoms with E-state index in [-0.39, 0.29) is 17.6 Å². The molecular formula is C29H33FN2O. The summed E-state index contributed by atoms with van der Waals surface area (Å²) >= 11 is 0. The second-order valence-electron chi connectivity index (χ2n) is 9.45. The normalized spacial score (nSPS) is 20.5. The molecule has 3 aromatic rings. The van der Waals surface area contributed by atoms with Crippen molar-refractivity contribution in [2.24, 2.45) is 0 Å². The highest BCUT2D eigenvalue weighted by molar-refractivity contribution is 5.94. The van der Waals surface area contributed by atoms with Crippen LogP contribution < -0.4 is 0 Å². The van der Waals surface area contributed by atoms with Crippen molar-refractivity contribution >= 4 is 5.78 Å². The summed E-state index contributed by atoms with van der Waals surface area (Å²) in [6.07, 6.45) is 0. The van der Waals surface area contributed by atoms with Crippen LogP contribution in [-0.2, 0) is 6.54 Å². The molecule has 3 atom stereocenters. The van der Waals surface area contributed by atoms with E-state index in [4.69, 9.17) is 0 Å². The van der Waals surface area contributed by atoms with Crippen molar-refractivity contribution in [3.8, 4) is 0 Å². The topological polar surface area (TPSA) is 23.6 Å². The molecule has 0 radical (unpaired) electrons. The summed E-state index contributed by atoms with van der Waals surface area (Å²) in [6, 6.07) is 24.3. The molecule has 3 aromatic carbocycles. The highest BCUT2D eigenvalue weighted by atomic mass is 19.1. The van der Waals surface area contributed by atoms with Crippen molar-refractivity contribution in [3.63, 3.8) is 0 Å². The number of aryl methyl sites for hydroxylation is 1. The minimum absolute atomic E-state index is 0.0676. The van der Waals surface area contributed by atoms with Crippen molar-refractivity contribution < 1.29 is 9.18 Å². The van der Waals surface area contributed by atoms with Gasteiger partial charge < -0.3 is 0 Å². The summed E-state index contributed by atoms with van der Waals surface area (Å²) in [5.41, 5.74) is 5.37. The lowest BCUT2D eigenvalue weighted by molar-refractivity contribution is 0.0195. The molecule has 0 aliphatic carbocycles. The number of ketones is 1. The molecule has 0 aromatic heterocycles. The van der Waals surface area contributed by atoms with E-state index < -0.39 is 0 Å². The van der Waals surface area contributed by atoms with Gasteiger partial charge in [-0.1, -0.05) is 60.2 Å². The first-order chi connectivity index (χ1) is 15.8. The summed E-state index contributed by atoms with van der Waals surface area (Å²) in [4.78, 5) is 17.1. The average Bonchev–Trinajstić information content (AvgIpc) is 2.77. The van der Waals surface area contributed by atoms with Crippen LogP contribution in [0.5, 0.6) is 0 Å². The second-order valence-corrected chi connectivity index (χ2v) is 9.45. The number of halogens is 1. The Morgan fingerprint density at radius 2 is 1.64 bits per heavy atom. The fourth-order valence-electron chi connectivity index (χ4n) is 5.02. The lowest BCUT2D eigenvalue weighted by Gasteiger charge is -2.48. The SMILES string of the molecule is CC(=O)c1cccc([C@H](c2cccc(C)c2)N2C[C@@H](C)N(Cc3cccc(F)c3)C[C@@H]2C)c1. The monoisotopic (exact) mass is 444 g/mol. The van der Waals surface area contributed by atoms with Gasteiger partial charge in [0.2, 0.25) is 0 Å². The summed E-state index contributed by atoms with van der Waals surface area (Å²) in [7, 11) is 0. The van der Waals surface area contributed by atoms with E-state index in [1.54, 1.807) is 19.1 Å². The minimum Gasteiger partial charge on any atom is -0.295 e. The zero-order valence-electron chi connectivity index (χ0n) is 20.0. The van der Waals surface area contributed by atoms with E-state index in [1.807, 2.05) is 24.3 Å². The second kappa shape index (κ2) is 9.98. The maximum atomic E-state index is 13.7. The zero-order valence-corrected chi connectivity index (χ0v) is 20.0. The molecule has 172 valence electrons. The number of piperazine rings is 1. The quantitative estimate of drug-likeness (QED) is 0.434. The van der Waals surface area contributed by atoms with Crippen LogP contribution in [0.2, 0.25) is 0 Å². The molecular weight excluding hydrogens is 411 g/mol. The predicted molar refractivity (Wildman–Crippen MR) is 132 cm³/mol. The third kappa shape index (κ3) is 5.40. The van der Waals surface area contributed by atoms with Gasteiger partial charge in [0.05, 0.1) is 6.04 Å². The molecule has 1 fully saturated rings. The van der Waals surface area contributed by atoms with Crippen molar-refractivity contribution in [1.29, 1.82) is 0 Å². The Morgan fingerprint density at radius 1 is 0.939 bits per heavy atom. The van der Waals surface area contributed by atoms with E-state index in [0.29, 0.717) is 12.1 Å². The number of nitrogens with zero attached hydrogens (tertiary/aromatic N) is 2. The molecule has 33 heavy (non-hydrogen) atoms. The molecule has 0 unspecified atom stereocenters. The highest BCUT2D eigenvalue weighted by Crippen LogP contribution is 2.34. The van der Waals surface area contributed by atoms with Crippen LogP contribution >= 0.6 is 0 Å². The fraction of sp³-hybridized carbons (Fsp3) is 0.345. The van der Waals surface area contributed by atoms with Crippen molar-refractivity contribution in [2.75, 3.05) is 13.1 Å². The molecule has 4 rings (SSSR count). The lowest BCUT2D eigenvalue weighted by atomic mass is 9.91. The average molecular weight is 445 g/mol. The first-order valence-electron chi connectivity index (χ1n) is 11.7. The number of carbonyl (C=O) groups is 1. The molecule has 1 aliphatic rings. The van der Waals surface area contributed by atoms with Crippen LogP contribution in [-0.4, -0.2) is 40.8 Å². The predicted octanol–water partition coefficient (Wildman–Crippen LogP) is 6.02. The molecule has 1 aliphatic heterocycles. The van der Waals surface area contributed by atoms with Crippen molar-refractivity contribution in [1.82, 2.24) is 9.80 Å². The fourth-order valence-corrected chi connectivity index (χ4v) is 5.02. The number of benzene rings is 3. The van der Waals surface area contributed by atoms with Crippen LogP contribution in [0.25, 0.3) is 0 Å². The number of hydrogen-bond acceptors (Lipinski definition) is 3. The van der Waals surface area contributed by atoms with Gasteiger partial charge in [0, 0.05) is 37.3 Å². The van der Waals surface area contributed by atoms with Gasteiger partial charge in [0.25, 0.3) is 0 Å². The summed E-state index contributed by atoms with van der Waals surface area (Å²) in [5, 5.41) is 0. The summed E-state index contributed by atoms with van der Waals surface area (Å²) in [6.45, 7) is 10.8. The van der Waals surface area contributed by atoms with Gasteiger partial charge in [-0.2, -0.15) is 0 Å². The van der Waals surface area contributed by atoms with Crippen LogP contribution in [0.4, 0.5) is 4.39 Å². The Kier molecular flexibility index (Phi) is 7.06. The molecule has 4 heteroatoms. The van der Waals surface area contributed by atoms with Gasteiger partial charge in [-0.15, -0.1) is 0 Å². The minimum atomic E-state index is -0.184. The molecule has 0 N–H and O–H groups in total. The van der Waals surface area contributed by atoms with E-state index in [1.165, 1.54) is 17.2 Å². The summed E-state index contributed by atoms with van der Waals surface area (Å²) in [5.74, 6) is -0.0992.